The van der Waals surface area contributed by atoms with Gasteiger partial charge in [-0.15, -0.1) is 0 Å². The molecular formula is C12H24N2O2. The van der Waals surface area contributed by atoms with Gasteiger partial charge in [0.25, 0.3) is 0 Å². The highest BCUT2D eigenvalue weighted by Gasteiger charge is 2.16. The SMILES string of the molecule is CC(C)(C)OC(=O)NCCCC1CCNC1. The normalized spacial score (nSPS) is 20.8. The van der Waals surface area contributed by atoms with Gasteiger partial charge in [0.15, 0.2) is 0 Å². The Morgan fingerprint density at radius 1 is 1.50 bits per heavy atom. The van der Waals surface area contributed by atoms with Gasteiger partial charge in [0, 0.05) is 6.54 Å². The van der Waals surface area contributed by atoms with E-state index in [1.807, 2.05) is 20.8 Å². The van der Waals surface area contributed by atoms with Gasteiger partial charge in [-0.05, 0) is 59.0 Å². The summed E-state index contributed by atoms with van der Waals surface area (Å²) in [5.74, 6) is 0.792. The zero-order valence-corrected chi connectivity index (χ0v) is 10.6. The number of carbonyl (C=O) groups is 1. The summed E-state index contributed by atoms with van der Waals surface area (Å²) in [6.45, 7) is 8.60. The zero-order valence-electron chi connectivity index (χ0n) is 10.6. The van der Waals surface area contributed by atoms with Gasteiger partial charge in [0.2, 0.25) is 0 Å². The van der Waals surface area contributed by atoms with Crippen molar-refractivity contribution in [2.75, 3.05) is 19.6 Å². The van der Waals surface area contributed by atoms with E-state index in [1.165, 1.54) is 12.8 Å². The van der Waals surface area contributed by atoms with Crippen LogP contribution in [0.1, 0.15) is 40.0 Å². The van der Waals surface area contributed by atoms with E-state index >= 15 is 0 Å². The lowest BCUT2D eigenvalue weighted by Crippen LogP contribution is -2.33. The summed E-state index contributed by atoms with van der Waals surface area (Å²) in [4.78, 5) is 11.3. The summed E-state index contributed by atoms with van der Waals surface area (Å²) in [6.07, 6.45) is 3.18. The second-order valence-electron chi connectivity index (χ2n) is 5.43. The highest BCUT2D eigenvalue weighted by Crippen LogP contribution is 2.13. The lowest BCUT2D eigenvalue weighted by atomic mass is 10.0. The van der Waals surface area contributed by atoms with Gasteiger partial charge in [0.05, 0.1) is 0 Å². The first-order chi connectivity index (χ1) is 7.47. The molecule has 4 nitrogen and oxygen atoms in total. The van der Waals surface area contributed by atoms with Crippen molar-refractivity contribution in [2.24, 2.45) is 5.92 Å². The molecule has 1 rings (SSSR count). The van der Waals surface area contributed by atoms with E-state index in [-0.39, 0.29) is 6.09 Å². The molecule has 16 heavy (non-hydrogen) atoms. The van der Waals surface area contributed by atoms with Crippen LogP contribution in [0.4, 0.5) is 4.79 Å². The lowest BCUT2D eigenvalue weighted by molar-refractivity contribution is 0.0526. The monoisotopic (exact) mass is 228 g/mol. The maximum Gasteiger partial charge on any atom is 0.407 e. The smallest absolute Gasteiger partial charge is 0.407 e. The van der Waals surface area contributed by atoms with Crippen molar-refractivity contribution in [1.29, 1.82) is 0 Å². The van der Waals surface area contributed by atoms with Gasteiger partial charge in [0.1, 0.15) is 5.60 Å². The minimum Gasteiger partial charge on any atom is -0.444 e. The highest BCUT2D eigenvalue weighted by molar-refractivity contribution is 5.67. The van der Waals surface area contributed by atoms with E-state index < -0.39 is 5.60 Å². The number of hydrogen-bond donors (Lipinski definition) is 2. The first-order valence-electron chi connectivity index (χ1n) is 6.15. The minimum atomic E-state index is -0.403. The van der Waals surface area contributed by atoms with Crippen LogP contribution in [0.25, 0.3) is 0 Å². The number of rotatable bonds is 4. The van der Waals surface area contributed by atoms with Crippen molar-refractivity contribution in [3.63, 3.8) is 0 Å². The Hall–Kier alpha value is -0.770. The van der Waals surface area contributed by atoms with Crippen molar-refractivity contribution < 1.29 is 9.53 Å². The fourth-order valence-corrected chi connectivity index (χ4v) is 1.86. The van der Waals surface area contributed by atoms with E-state index in [2.05, 4.69) is 10.6 Å². The maximum atomic E-state index is 11.3. The third-order valence-corrected chi connectivity index (χ3v) is 2.62. The molecule has 1 fully saturated rings. The molecule has 1 atom stereocenters. The molecule has 94 valence electrons. The van der Waals surface area contributed by atoms with Gasteiger partial charge in [-0.2, -0.15) is 0 Å². The van der Waals surface area contributed by atoms with E-state index in [1.54, 1.807) is 0 Å². The average Bonchev–Trinajstić information content (AvgIpc) is 2.62. The Balaban J connectivity index is 2.00. The van der Waals surface area contributed by atoms with Crippen molar-refractivity contribution >= 4 is 6.09 Å². The summed E-state index contributed by atoms with van der Waals surface area (Å²) >= 11 is 0. The molecule has 0 aromatic heterocycles. The van der Waals surface area contributed by atoms with Crippen LogP contribution in [-0.2, 0) is 4.74 Å². The van der Waals surface area contributed by atoms with E-state index in [9.17, 15) is 4.79 Å². The Kier molecular flexibility index (Phi) is 5.06. The highest BCUT2D eigenvalue weighted by atomic mass is 16.6. The molecule has 0 aromatic rings. The molecule has 0 bridgehead atoms. The molecule has 1 heterocycles. The van der Waals surface area contributed by atoms with Crippen LogP contribution >= 0.6 is 0 Å². The Labute approximate surface area is 98.1 Å². The number of nitrogens with one attached hydrogen (secondary N) is 2. The fraction of sp³-hybridized carbons (Fsp3) is 0.917. The number of hydrogen-bond acceptors (Lipinski definition) is 3. The van der Waals surface area contributed by atoms with Crippen molar-refractivity contribution in [2.45, 2.75) is 45.6 Å². The summed E-state index contributed by atoms with van der Waals surface area (Å²) in [6, 6.07) is 0. The Bertz CT molecular complexity index is 218. The first kappa shape index (κ1) is 13.3. The molecule has 0 spiro atoms. The number of carbonyl (C=O) groups excluding carboxylic acids is 1. The molecular weight excluding hydrogens is 204 g/mol. The molecule has 1 aliphatic rings. The van der Waals surface area contributed by atoms with E-state index in [0.29, 0.717) is 6.54 Å². The summed E-state index contributed by atoms with van der Waals surface area (Å²) in [5.41, 5.74) is -0.403. The fourth-order valence-electron chi connectivity index (χ4n) is 1.86. The van der Waals surface area contributed by atoms with Crippen molar-refractivity contribution in [3.8, 4) is 0 Å². The quantitative estimate of drug-likeness (QED) is 0.723. The largest absolute Gasteiger partial charge is 0.444 e. The third kappa shape index (κ3) is 5.95. The van der Waals surface area contributed by atoms with Gasteiger partial charge < -0.3 is 15.4 Å². The Morgan fingerprint density at radius 2 is 2.25 bits per heavy atom. The predicted molar refractivity (Wildman–Crippen MR) is 64.4 cm³/mol. The molecule has 2 N–H and O–H groups in total. The van der Waals surface area contributed by atoms with Crippen LogP contribution in [0.5, 0.6) is 0 Å². The van der Waals surface area contributed by atoms with Crippen molar-refractivity contribution in [3.05, 3.63) is 0 Å². The topological polar surface area (TPSA) is 50.4 Å². The molecule has 0 aromatic carbocycles. The van der Waals surface area contributed by atoms with Crippen LogP contribution in [0.3, 0.4) is 0 Å². The van der Waals surface area contributed by atoms with Crippen LogP contribution in [0, 0.1) is 5.92 Å². The number of amides is 1. The van der Waals surface area contributed by atoms with Crippen LogP contribution in [-0.4, -0.2) is 31.3 Å². The molecule has 1 amide bonds. The molecule has 0 aliphatic carbocycles. The van der Waals surface area contributed by atoms with Gasteiger partial charge >= 0.3 is 6.09 Å². The van der Waals surface area contributed by atoms with Crippen LogP contribution < -0.4 is 10.6 Å². The second kappa shape index (κ2) is 6.09. The minimum absolute atomic E-state index is 0.308. The van der Waals surface area contributed by atoms with Gasteiger partial charge in [-0.3, -0.25) is 0 Å². The first-order valence-corrected chi connectivity index (χ1v) is 6.15. The zero-order chi connectivity index (χ0) is 12.0. The molecule has 0 radical (unpaired) electrons. The van der Waals surface area contributed by atoms with Crippen LogP contribution in [0.15, 0.2) is 0 Å². The standard InChI is InChI=1S/C12H24N2O2/c1-12(2,3)16-11(15)14-7-4-5-10-6-8-13-9-10/h10,13H,4-9H2,1-3H3,(H,14,15). The molecule has 1 saturated heterocycles. The lowest BCUT2D eigenvalue weighted by Gasteiger charge is -2.19. The van der Waals surface area contributed by atoms with Gasteiger partial charge in [-0.1, -0.05) is 0 Å². The van der Waals surface area contributed by atoms with Crippen LogP contribution in [0.2, 0.25) is 0 Å². The maximum absolute atomic E-state index is 11.3. The summed E-state index contributed by atoms with van der Waals surface area (Å²) in [5, 5.41) is 6.12. The molecule has 1 aliphatic heterocycles. The predicted octanol–water partition coefficient (Wildman–Crippen LogP) is 1.90. The van der Waals surface area contributed by atoms with Gasteiger partial charge in [-0.25, -0.2) is 4.79 Å². The van der Waals surface area contributed by atoms with E-state index in [0.717, 1.165) is 25.4 Å². The Morgan fingerprint density at radius 3 is 2.81 bits per heavy atom. The average molecular weight is 228 g/mol. The second-order valence-corrected chi connectivity index (χ2v) is 5.43. The van der Waals surface area contributed by atoms with E-state index in [4.69, 9.17) is 4.74 Å². The third-order valence-electron chi connectivity index (χ3n) is 2.62. The van der Waals surface area contributed by atoms with Crippen molar-refractivity contribution in [1.82, 2.24) is 10.6 Å². The summed E-state index contributed by atoms with van der Waals surface area (Å²) in [7, 11) is 0. The molecule has 4 heteroatoms. The molecule has 0 saturated carbocycles. The summed E-state index contributed by atoms with van der Waals surface area (Å²) < 4.78 is 5.15. The number of ether oxygens (including phenoxy) is 1. The number of alkyl carbamates (subject to hydrolysis) is 1. The molecule has 1 unspecified atom stereocenters.